The number of amides is 2. The first-order valence-electron chi connectivity index (χ1n) is 8.24. The Hall–Kier alpha value is -2.65. The molecule has 0 aliphatic heterocycles. The lowest BCUT2D eigenvalue weighted by molar-refractivity contribution is -0.145. The van der Waals surface area contributed by atoms with Crippen LogP contribution in [0.15, 0.2) is 22.7 Å². The summed E-state index contributed by atoms with van der Waals surface area (Å²) in [5.41, 5.74) is 0.179. The van der Waals surface area contributed by atoms with Gasteiger partial charge in [-0.1, -0.05) is 42.2 Å². The van der Waals surface area contributed by atoms with Gasteiger partial charge < -0.3 is 19.9 Å². The SMILES string of the molecule is CC(C)c1noc(COC(=O)CNC(=O)CNC(=O)c2ccc(Cl)cc2Cl)n1. The standard InChI is InChI=1S/C17H18Cl2N4O5/c1-9(2)16-22-14(28-23-16)8-27-15(25)7-20-13(24)6-21-17(26)11-4-3-10(18)5-12(11)19/h3-5,9H,6-8H2,1-2H3,(H,20,24)(H,21,26). The minimum Gasteiger partial charge on any atom is -0.454 e. The van der Waals surface area contributed by atoms with Crippen LogP contribution in [0.25, 0.3) is 0 Å². The summed E-state index contributed by atoms with van der Waals surface area (Å²) < 4.78 is 9.86. The second kappa shape index (κ2) is 10.0. The van der Waals surface area contributed by atoms with E-state index >= 15 is 0 Å². The topological polar surface area (TPSA) is 123 Å². The molecule has 2 amide bonds. The van der Waals surface area contributed by atoms with Crippen LogP contribution in [-0.2, 0) is 20.9 Å². The highest BCUT2D eigenvalue weighted by Gasteiger charge is 2.14. The molecule has 0 saturated carbocycles. The van der Waals surface area contributed by atoms with Gasteiger partial charge in [0, 0.05) is 10.9 Å². The van der Waals surface area contributed by atoms with Crippen LogP contribution in [0.5, 0.6) is 0 Å². The monoisotopic (exact) mass is 428 g/mol. The van der Waals surface area contributed by atoms with Gasteiger partial charge in [-0.25, -0.2) is 0 Å². The van der Waals surface area contributed by atoms with Gasteiger partial charge in [0.25, 0.3) is 11.8 Å². The lowest BCUT2D eigenvalue weighted by atomic mass is 10.2. The van der Waals surface area contributed by atoms with Crippen molar-refractivity contribution in [3.63, 3.8) is 0 Å². The van der Waals surface area contributed by atoms with Crippen LogP contribution in [-0.4, -0.2) is 41.0 Å². The molecule has 2 N–H and O–H groups in total. The molecule has 0 aliphatic rings. The highest BCUT2D eigenvalue weighted by atomic mass is 35.5. The summed E-state index contributed by atoms with van der Waals surface area (Å²) in [7, 11) is 0. The molecule has 0 spiro atoms. The number of carbonyl (C=O) groups excluding carboxylic acids is 3. The molecule has 150 valence electrons. The Bertz CT molecular complexity index is 869. The Morgan fingerprint density at radius 2 is 1.93 bits per heavy atom. The maximum absolute atomic E-state index is 12.0. The van der Waals surface area contributed by atoms with Gasteiger partial charge in [-0.15, -0.1) is 0 Å². The summed E-state index contributed by atoms with van der Waals surface area (Å²) in [6, 6.07) is 4.37. The maximum atomic E-state index is 12.0. The van der Waals surface area contributed by atoms with Gasteiger partial charge in [0.1, 0.15) is 6.54 Å². The Labute approximate surface area is 170 Å². The summed E-state index contributed by atoms with van der Waals surface area (Å²) in [5.74, 6) is -1.05. The zero-order valence-corrected chi connectivity index (χ0v) is 16.6. The van der Waals surface area contributed by atoms with E-state index in [2.05, 4.69) is 20.8 Å². The van der Waals surface area contributed by atoms with E-state index in [1.807, 2.05) is 13.8 Å². The van der Waals surface area contributed by atoms with E-state index in [1.54, 1.807) is 0 Å². The van der Waals surface area contributed by atoms with Crippen LogP contribution in [0, 0.1) is 0 Å². The normalized spacial score (nSPS) is 10.6. The zero-order chi connectivity index (χ0) is 20.7. The number of nitrogens with one attached hydrogen (secondary N) is 2. The second-order valence-corrected chi connectivity index (χ2v) is 6.79. The zero-order valence-electron chi connectivity index (χ0n) is 15.1. The third-order valence-electron chi connectivity index (χ3n) is 3.37. The Kier molecular flexibility index (Phi) is 7.77. The Morgan fingerprint density at radius 3 is 2.57 bits per heavy atom. The minimum atomic E-state index is -0.690. The lowest BCUT2D eigenvalue weighted by Gasteiger charge is -2.08. The first kappa shape index (κ1) is 21.6. The van der Waals surface area contributed by atoms with Gasteiger partial charge >= 0.3 is 5.97 Å². The molecule has 0 unspecified atom stereocenters. The van der Waals surface area contributed by atoms with Crippen molar-refractivity contribution in [3.8, 4) is 0 Å². The smallest absolute Gasteiger partial charge is 0.325 e. The third-order valence-corrected chi connectivity index (χ3v) is 3.92. The molecule has 2 rings (SSSR count). The van der Waals surface area contributed by atoms with E-state index < -0.39 is 17.8 Å². The highest BCUT2D eigenvalue weighted by Crippen LogP contribution is 2.20. The largest absolute Gasteiger partial charge is 0.454 e. The van der Waals surface area contributed by atoms with Crippen molar-refractivity contribution in [1.29, 1.82) is 0 Å². The number of nitrogens with zero attached hydrogens (tertiary/aromatic N) is 2. The number of carbonyl (C=O) groups is 3. The first-order chi connectivity index (χ1) is 13.3. The van der Waals surface area contributed by atoms with E-state index in [4.69, 9.17) is 32.5 Å². The van der Waals surface area contributed by atoms with E-state index in [9.17, 15) is 14.4 Å². The number of benzene rings is 1. The summed E-state index contributed by atoms with van der Waals surface area (Å²) in [6.07, 6.45) is 0. The summed E-state index contributed by atoms with van der Waals surface area (Å²) in [6.45, 7) is 2.89. The molecule has 11 heteroatoms. The van der Waals surface area contributed by atoms with Gasteiger partial charge in [-0.05, 0) is 18.2 Å². The minimum absolute atomic E-state index is 0.0884. The van der Waals surface area contributed by atoms with Crippen LogP contribution in [0.2, 0.25) is 10.0 Å². The summed E-state index contributed by atoms with van der Waals surface area (Å²) in [4.78, 5) is 39.5. The van der Waals surface area contributed by atoms with Crippen LogP contribution < -0.4 is 10.6 Å². The molecule has 1 heterocycles. The fraction of sp³-hybridized carbons (Fsp3) is 0.353. The van der Waals surface area contributed by atoms with Crippen LogP contribution >= 0.6 is 23.2 Å². The van der Waals surface area contributed by atoms with Crippen LogP contribution in [0.3, 0.4) is 0 Å². The van der Waals surface area contributed by atoms with E-state index in [-0.39, 0.29) is 42.1 Å². The van der Waals surface area contributed by atoms with Gasteiger partial charge in [0.2, 0.25) is 5.91 Å². The molecular weight excluding hydrogens is 411 g/mol. The third kappa shape index (κ3) is 6.50. The number of halogens is 2. The first-order valence-corrected chi connectivity index (χ1v) is 9.00. The van der Waals surface area contributed by atoms with Gasteiger partial charge in [-0.2, -0.15) is 4.98 Å². The van der Waals surface area contributed by atoms with Crippen molar-refractivity contribution in [3.05, 3.63) is 45.5 Å². The van der Waals surface area contributed by atoms with Crippen molar-refractivity contribution in [2.24, 2.45) is 0 Å². The molecule has 0 radical (unpaired) electrons. The van der Waals surface area contributed by atoms with Gasteiger partial charge in [0.05, 0.1) is 17.1 Å². The molecule has 1 aromatic carbocycles. The summed E-state index contributed by atoms with van der Waals surface area (Å²) >= 11 is 11.7. The quantitative estimate of drug-likeness (QED) is 0.616. The van der Waals surface area contributed by atoms with Crippen LogP contribution in [0.4, 0.5) is 0 Å². The molecular formula is C17H18Cl2N4O5. The number of hydrogen-bond acceptors (Lipinski definition) is 7. The number of aromatic nitrogens is 2. The average molecular weight is 429 g/mol. The highest BCUT2D eigenvalue weighted by molar-refractivity contribution is 6.36. The maximum Gasteiger partial charge on any atom is 0.325 e. The fourth-order valence-corrected chi connectivity index (χ4v) is 2.41. The average Bonchev–Trinajstić information content (AvgIpc) is 3.12. The van der Waals surface area contributed by atoms with E-state index in [0.29, 0.717) is 10.8 Å². The number of ether oxygens (including phenoxy) is 1. The van der Waals surface area contributed by atoms with Crippen LogP contribution in [0.1, 0.15) is 41.8 Å². The molecule has 1 aromatic heterocycles. The lowest BCUT2D eigenvalue weighted by Crippen LogP contribution is -2.39. The Balaban J connectivity index is 1.69. The van der Waals surface area contributed by atoms with Crippen molar-refractivity contribution < 1.29 is 23.6 Å². The Morgan fingerprint density at radius 1 is 1.18 bits per heavy atom. The van der Waals surface area contributed by atoms with E-state index in [0.717, 1.165) is 0 Å². The van der Waals surface area contributed by atoms with Gasteiger partial charge in [0.15, 0.2) is 12.4 Å². The molecule has 0 fully saturated rings. The summed E-state index contributed by atoms with van der Waals surface area (Å²) in [5, 5.41) is 9.00. The van der Waals surface area contributed by atoms with Crippen molar-refractivity contribution in [2.75, 3.05) is 13.1 Å². The predicted octanol–water partition coefficient (Wildman–Crippen LogP) is 2.09. The molecule has 0 bridgehead atoms. The number of esters is 1. The van der Waals surface area contributed by atoms with Gasteiger partial charge in [-0.3, -0.25) is 14.4 Å². The molecule has 0 atom stereocenters. The number of hydrogen-bond donors (Lipinski definition) is 2. The van der Waals surface area contributed by atoms with Crippen molar-refractivity contribution in [1.82, 2.24) is 20.8 Å². The predicted molar refractivity (Wildman–Crippen MR) is 100.0 cm³/mol. The van der Waals surface area contributed by atoms with Crippen molar-refractivity contribution >= 4 is 41.0 Å². The molecule has 0 aliphatic carbocycles. The molecule has 0 saturated heterocycles. The fourth-order valence-electron chi connectivity index (χ4n) is 1.92. The molecule has 2 aromatic rings. The number of rotatable bonds is 8. The van der Waals surface area contributed by atoms with Crippen molar-refractivity contribution in [2.45, 2.75) is 26.4 Å². The second-order valence-electron chi connectivity index (χ2n) is 5.95. The molecule has 9 nitrogen and oxygen atoms in total. The van der Waals surface area contributed by atoms with E-state index in [1.165, 1.54) is 18.2 Å². The molecule has 28 heavy (non-hydrogen) atoms.